The van der Waals surface area contributed by atoms with Crippen LogP contribution in [0.3, 0.4) is 0 Å². The van der Waals surface area contributed by atoms with E-state index in [-0.39, 0.29) is 5.82 Å². The molecule has 5 nitrogen and oxygen atoms in total. The first-order chi connectivity index (χ1) is 11.8. The maximum Gasteiger partial charge on any atom is 0.277 e. The van der Waals surface area contributed by atoms with Crippen LogP contribution in [-0.2, 0) is 0 Å². The maximum atomic E-state index is 13.2. The van der Waals surface area contributed by atoms with Gasteiger partial charge in [-0.2, -0.15) is 5.10 Å². The van der Waals surface area contributed by atoms with Crippen molar-refractivity contribution in [3.8, 4) is 5.69 Å². The molecule has 3 aromatic rings. The lowest BCUT2D eigenvalue weighted by atomic mass is 10.3. The number of aryl methyl sites for hydroxylation is 1. The van der Waals surface area contributed by atoms with Crippen LogP contribution in [0.15, 0.2) is 30.3 Å². The molecular weight excluding hydrogens is 353 g/mol. The number of fused-ring (bicyclic) bond motifs is 1. The number of nitrogens with zero attached hydrogens (tertiary/aromatic N) is 2. The van der Waals surface area contributed by atoms with Gasteiger partial charge in [0.2, 0.25) is 0 Å². The second-order valence-corrected chi connectivity index (χ2v) is 6.58. The maximum absolute atomic E-state index is 13.2. The molecule has 1 amide bonds. The predicted molar refractivity (Wildman–Crippen MR) is 90.0 cm³/mol. The number of nitrogens with one attached hydrogen (secondary N) is 1. The monoisotopic (exact) mass is 368 g/mol. The molecule has 132 valence electrons. The lowest BCUT2D eigenvalue weighted by Crippen LogP contribution is -2.41. The first-order valence-electron chi connectivity index (χ1n) is 7.42. The van der Waals surface area contributed by atoms with E-state index in [1.807, 2.05) is 0 Å². The van der Waals surface area contributed by atoms with Crippen molar-refractivity contribution in [2.45, 2.75) is 12.8 Å². The zero-order valence-corrected chi connectivity index (χ0v) is 14.0. The van der Waals surface area contributed by atoms with Crippen LogP contribution in [0.1, 0.15) is 15.4 Å². The Bertz CT molecular complexity index is 918. The Kier molecular flexibility index (Phi) is 4.53. The molecule has 0 saturated heterocycles. The average molecular weight is 368 g/mol. The predicted octanol–water partition coefficient (Wildman–Crippen LogP) is 2.86. The van der Waals surface area contributed by atoms with Gasteiger partial charge in [0.15, 0.2) is 0 Å². The van der Waals surface area contributed by atoms with E-state index in [0.29, 0.717) is 21.1 Å². The minimum Gasteiger partial charge on any atom is -0.345 e. The van der Waals surface area contributed by atoms with Crippen molar-refractivity contribution in [3.05, 3.63) is 46.7 Å². The molecule has 3 rings (SSSR count). The number of benzene rings is 1. The fraction of sp³-hybridized carbons (Fsp3) is 0.250. The highest BCUT2D eigenvalue weighted by molar-refractivity contribution is 7.20. The number of aromatic nitrogens is 2. The van der Waals surface area contributed by atoms with Gasteiger partial charge in [0.1, 0.15) is 10.6 Å². The van der Waals surface area contributed by atoms with E-state index in [4.69, 9.17) is 5.73 Å². The standard InChI is InChI=1S/C16H15F3N4OS/c1-9-12-6-13(14(24)21-8-16(18,19)7-20)25-15(12)23(22-9)11-4-2-10(17)3-5-11/h2-6H,7-8,20H2,1H3,(H,21,24). The van der Waals surface area contributed by atoms with Gasteiger partial charge in [0.25, 0.3) is 11.8 Å². The van der Waals surface area contributed by atoms with Crippen molar-refractivity contribution < 1.29 is 18.0 Å². The van der Waals surface area contributed by atoms with Gasteiger partial charge in [0, 0.05) is 5.39 Å². The van der Waals surface area contributed by atoms with Gasteiger partial charge in [0.05, 0.1) is 29.3 Å². The molecule has 25 heavy (non-hydrogen) atoms. The molecule has 0 unspecified atom stereocenters. The number of hydrogen-bond donors (Lipinski definition) is 2. The Morgan fingerprint density at radius 2 is 2.04 bits per heavy atom. The summed E-state index contributed by atoms with van der Waals surface area (Å²) in [7, 11) is 0. The molecule has 0 saturated carbocycles. The lowest BCUT2D eigenvalue weighted by molar-refractivity contribution is 0.0119. The molecule has 3 N–H and O–H groups in total. The van der Waals surface area contributed by atoms with Gasteiger partial charge in [-0.05, 0) is 37.3 Å². The fourth-order valence-electron chi connectivity index (χ4n) is 2.29. The molecule has 0 fully saturated rings. The summed E-state index contributed by atoms with van der Waals surface area (Å²) < 4.78 is 41.0. The van der Waals surface area contributed by atoms with Gasteiger partial charge in [-0.25, -0.2) is 17.9 Å². The van der Waals surface area contributed by atoms with Crippen molar-refractivity contribution in [1.82, 2.24) is 15.1 Å². The molecular formula is C16H15F3N4OS. The highest BCUT2D eigenvalue weighted by Crippen LogP contribution is 2.30. The zero-order valence-electron chi connectivity index (χ0n) is 13.2. The third kappa shape index (κ3) is 3.52. The SMILES string of the molecule is Cc1nn(-c2ccc(F)cc2)c2sc(C(=O)NCC(F)(F)CN)cc12. The topological polar surface area (TPSA) is 72.9 Å². The Labute approximate surface area is 145 Å². The van der Waals surface area contributed by atoms with Crippen molar-refractivity contribution in [3.63, 3.8) is 0 Å². The minimum atomic E-state index is -3.15. The summed E-state index contributed by atoms with van der Waals surface area (Å²) in [6.45, 7) is 0.122. The highest BCUT2D eigenvalue weighted by atomic mass is 32.1. The van der Waals surface area contributed by atoms with E-state index in [9.17, 15) is 18.0 Å². The van der Waals surface area contributed by atoms with Gasteiger partial charge < -0.3 is 11.1 Å². The number of carbonyl (C=O) groups excluding carboxylic acids is 1. The van der Waals surface area contributed by atoms with E-state index in [1.54, 1.807) is 29.8 Å². The molecule has 0 aliphatic rings. The summed E-state index contributed by atoms with van der Waals surface area (Å²) in [5.41, 5.74) is 6.28. The second-order valence-electron chi connectivity index (χ2n) is 5.55. The van der Waals surface area contributed by atoms with Crippen molar-refractivity contribution >= 4 is 27.5 Å². The third-order valence-electron chi connectivity index (χ3n) is 3.65. The number of amides is 1. The molecule has 0 spiro atoms. The molecule has 0 bridgehead atoms. The Morgan fingerprint density at radius 3 is 2.68 bits per heavy atom. The van der Waals surface area contributed by atoms with E-state index in [2.05, 4.69) is 10.4 Å². The van der Waals surface area contributed by atoms with E-state index in [1.165, 1.54) is 12.1 Å². The summed E-state index contributed by atoms with van der Waals surface area (Å²) in [6.07, 6.45) is 0. The molecule has 0 aliphatic heterocycles. The number of nitrogens with two attached hydrogens (primary N) is 1. The summed E-state index contributed by atoms with van der Waals surface area (Å²) in [5.74, 6) is -4.11. The smallest absolute Gasteiger partial charge is 0.277 e. The van der Waals surface area contributed by atoms with Crippen molar-refractivity contribution in [2.75, 3.05) is 13.1 Å². The summed E-state index contributed by atoms with van der Waals surface area (Å²) in [6, 6.07) is 7.38. The van der Waals surface area contributed by atoms with E-state index < -0.39 is 24.9 Å². The highest BCUT2D eigenvalue weighted by Gasteiger charge is 2.28. The third-order valence-corrected chi connectivity index (χ3v) is 4.76. The Hall–Kier alpha value is -2.39. The van der Waals surface area contributed by atoms with Crippen molar-refractivity contribution in [1.29, 1.82) is 0 Å². The fourth-order valence-corrected chi connectivity index (χ4v) is 3.38. The molecule has 2 heterocycles. The number of thiophene rings is 1. The number of carbonyl (C=O) groups is 1. The largest absolute Gasteiger partial charge is 0.345 e. The molecule has 0 aliphatic carbocycles. The van der Waals surface area contributed by atoms with Crippen LogP contribution in [0.5, 0.6) is 0 Å². The number of hydrogen-bond acceptors (Lipinski definition) is 4. The van der Waals surface area contributed by atoms with Crippen LogP contribution >= 0.6 is 11.3 Å². The molecule has 2 aromatic heterocycles. The van der Waals surface area contributed by atoms with Gasteiger partial charge in [-0.1, -0.05) is 0 Å². The van der Waals surface area contributed by atoms with Gasteiger partial charge in [-0.15, -0.1) is 11.3 Å². The van der Waals surface area contributed by atoms with Crippen LogP contribution in [0.4, 0.5) is 13.2 Å². The quantitative estimate of drug-likeness (QED) is 0.727. The number of alkyl halides is 2. The van der Waals surface area contributed by atoms with Crippen molar-refractivity contribution in [2.24, 2.45) is 5.73 Å². The number of halogens is 3. The number of rotatable bonds is 5. The normalized spacial score (nSPS) is 11.9. The Morgan fingerprint density at radius 1 is 1.36 bits per heavy atom. The van der Waals surface area contributed by atoms with Crippen LogP contribution in [-0.4, -0.2) is 34.7 Å². The van der Waals surface area contributed by atoms with Gasteiger partial charge >= 0.3 is 0 Å². The second kappa shape index (κ2) is 6.49. The first kappa shape index (κ1) is 17.4. The first-order valence-corrected chi connectivity index (χ1v) is 8.23. The average Bonchev–Trinajstić information content (AvgIpc) is 3.15. The Balaban J connectivity index is 1.91. The molecule has 0 atom stereocenters. The van der Waals surface area contributed by atoms with E-state index in [0.717, 1.165) is 16.7 Å². The molecule has 9 heteroatoms. The van der Waals surface area contributed by atoms with Crippen LogP contribution < -0.4 is 11.1 Å². The molecule has 1 aromatic carbocycles. The zero-order chi connectivity index (χ0) is 18.2. The minimum absolute atomic E-state index is 0.291. The van der Waals surface area contributed by atoms with E-state index >= 15 is 0 Å². The van der Waals surface area contributed by atoms with Crippen LogP contribution in [0, 0.1) is 12.7 Å². The summed E-state index contributed by atoms with van der Waals surface area (Å²) in [5, 5.41) is 7.32. The van der Waals surface area contributed by atoms with Gasteiger partial charge in [-0.3, -0.25) is 4.79 Å². The van der Waals surface area contributed by atoms with Crippen LogP contribution in [0.25, 0.3) is 15.9 Å². The summed E-state index contributed by atoms with van der Waals surface area (Å²) >= 11 is 1.13. The summed E-state index contributed by atoms with van der Waals surface area (Å²) in [4.78, 5) is 13.1. The lowest BCUT2D eigenvalue weighted by Gasteiger charge is -2.13. The van der Waals surface area contributed by atoms with Crippen LogP contribution in [0.2, 0.25) is 0 Å². The molecule has 0 radical (unpaired) electrons.